The summed E-state index contributed by atoms with van der Waals surface area (Å²) >= 11 is 0. The zero-order valence-corrected chi connectivity index (χ0v) is 12.7. The van der Waals surface area contributed by atoms with Gasteiger partial charge in [0, 0.05) is 18.4 Å². The van der Waals surface area contributed by atoms with Crippen molar-refractivity contribution in [1.29, 1.82) is 0 Å². The molecule has 2 N–H and O–H groups in total. The zero-order valence-electron chi connectivity index (χ0n) is 12.7. The molecule has 108 valence electrons. The van der Waals surface area contributed by atoms with Crippen LogP contribution in [0.1, 0.15) is 62.6 Å². The van der Waals surface area contributed by atoms with Crippen LogP contribution in [0.3, 0.4) is 0 Å². The van der Waals surface area contributed by atoms with E-state index in [1.54, 1.807) is 0 Å². The maximum absolute atomic E-state index is 4.38. The van der Waals surface area contributed by atoms with E-state index in [2.05, 4.69) is 60.3 Å². The van der Waals surface area contributed by atoms with E-state index in [1.165, 1.54) is 11.1 Å². The highest BCUT2D eigenvalue weighted by Crippen LogP contribution is 2.23. The Labute approximate surface area is 121 Å². The largest absolute Gasteiger partial charge is 0.347 e. The molecular weight excluding hydrogens is 246 g/mol. The third kappa shape index (κ3) is 3.48. The standard InChI is InChI=1S/C17H25N3/c1-4-13-7-9-14(10-8-13)15(5-2)20-16(6-3)17-18-11-12-19-17/h7-12,15-16,20H,4-6H2,1-3H3,(H,18,19). The minimum absolute atomic E-state index is 0.279. The molecule has 0 aliphatic heterocycles. The Balaban J connectivity index is 2.10. The highest BCUT2D eigenvalue weighted by atomic mass is 15.0. The van der Waals surface area contributed by atoms with E-state index < -0.39 is 0 Å². The molecule has 0 radical (unpaired) electrons. The number of rotatable bonds is 7. The zero-order chi connectivity index (χ0) is 14.4. The molecule has 0 spiro atoms. The molecule has 1 aromatic heterocycles. The molecule has 0 aliphatic carbocycles. The fourth-order valence-electron chi connectivity index (χ4n) is 2.54. The highest BCUT2D eigenvalue weighted by Gasteiger charge is 2.17. The van der Waals surface area contributed by atoms with Gasteiger partial charge in [0.15, 0.2) is 0 Å². The summed E-state index contributed by atoms with van der Waals surface area (Å²) in [7, 11) is 0. The summed E-state index contributed by atoms with van der Waals surface area (Å²) in [6.07, 6.45) is 6.89. The number of hydrogen-bond donors (Lipinski definition) is 2. The molecule has 2 rings (SSSR count). The van der Waals surface area contributed by atoms with Crippen LogP contribution in [0.2, 0.25) is 0 Å². The quantitative estimate of drug-likeness (QED) is 0.793. The Hall–Kier alpha value is -1.61. The van der Waals surface area contributed by atoms with Gasteiger partial charge < -0.3 is 10.3 Å². The van der Waals surface area contributed by atoms with Crippen molar-refractivity contribution < 1.29 is 0 Å². The SMILES string of the molecule is CCc1ccc(C(CC)NC(CC)c2ncc[nH]2)cc1. The first-order chi connectivity index (χ1) is 9.78. The van der Waals surface area contributed by atoms with Gasteiger partial charge in [-0.3, -0.25) is 0 Å². The van der Waals surface area contributed by atoms with Gasteiger partial charge >= 0.3 is 0 Å². The Morgan fingerprint density at radius 2 is 1.75 bits per heavy atom. The first-order valence-electron chi connectivity index (χ1n) is 7.62. The van der Waals surface area contributed by atoms with Gasteiger partial charge in [-0.05, 0) is 30.4 Å². The molecule has 2 atom stereocenters. The molecule has 2 aromatic rings. The summed E-state index contributed by atoms with van der Waals surface area (Å²) in [6.45, 7) is 6.60. The number of nitrogens with one attached hydrogen (secondary N) is 2. The molecule has 0 fully saturated rings. The van der Waals surface area contributed by atoms with E-state index in [9.17, 15) is 0 Å². The van der Waals surface area contributed by atoms with Crippen LogP contribution in [-0.4, -0.2) is 9.97 Å². The van der Waals surface area contributed by atoms with Crippen molar-refractivity contribution in [2.75, 3.05) is 0 Å². The van der Waals surface area contributed by atoms with E-state index in [4.69, 9.17) is 0 Å². The lowest BCUT2D eigenvalue weighted by Crippen LogP contribution is -2.26. The summed E-state index contributed by atoms with van der Waals surface area (Å²) in [5.74, 6) is 1.02. The topological polar surface area (TPSA) is 40.7 Å². The maximum Gasteiger partial charge on any atom is 0.123 e. The maximum atomic E-state index is 4.38. The number of hydrogen-bond acceptors (Lipinski definition) is 2. The first-order valence-corrected chi connectivity index (χ1v) is 7.62. The highest BCUT2D eigenvalue weighted by molar-refractivity contribution is 5.25. The summed E-state index contributed by atoms with van der Waals surface area (Å²) in [5.41, 5.74) is 2.75. The van der Waals surface area contributed by atoms with Gasteiger partial charge in [-0.15, -0.1) is 0 Å². The predicted molar refractivity (Wildman–Crippen MR) is 83.6 cm³/mol. The fraction of sp³-hybridized carbons (Fsp3) is 0.471. The van der Waals surface area contributed by atoms with Gasteiger partial charge in [-0.2, -0.15) is 0 Å². The van der Waals surface area contributed by atoms with E-state index >= 15 is 0 Å². The van der Waals surface area contributed by atoms with Crippen molar-refractivity contribution in [3.8, 4) is 0 Å². The summed E-state index contributed by atoms with van der Waals surface area (Å²) in [6, 6.07) is 9.60. The number of nitrogens with zero attached hydrogens (tertiary/aromatic N) is 1. The minimum atomic E-state index is 0.279. The monoisotopic (exact) mass is 271 g/mol. The second-order valence-corrected chi connectivity index (χ2v) is 5.16. The van der Waals surface area contributed by atoms with Crippen molar-refractivity contribution in [2.24, 2.45) is 0 Å². The van der Waals surface area contributed by atoms with Crippen LogP contribution < -0.4 is 5.32 Å². The number of H-pyrrole nitrogens is 1. The number of aromatic nitrogens is 2. The third-order valence-corrected chi connectivity index (χ3v) is 3.86. The lowest BCUT2D eigenvalue weighted by Gasteiger charge is -2.23. The van der Waals surface area contributed by atoms with Gasteiger partial charge in [0.2, 0.25) is 0 Å². The van der Waals surface area contributed by atoms with Crippen LogP contribution in [0.15, 0.2) is 36.7 Å². The number of aryl methyl sites for hydroxylation is 1. The lowest BCUT2D eigenvalue weighted by molar-refractivity contribution is 0.413. The third-order valence-electron chi connectivity index (χ3n) is 3.86. The van der Waals surface area contributed by atoms with E-state index in [0.717, 1.165) is 25.1 Å². The molecule has 0 aliphatic rings. The van der Waals surface area contributed by atoms with E-state index in [-0.39, 0.29) is 6.04 Å². The second-order valence-electron chi connectivity index (χ2n) is 5.16. The van der Waals surface area contributed by atoms with E-state index in [0.29, 0.717) is 6.04 Å². The van der Waals surface area contributed by atoms with Crippen molar-refractivity contribution >= 4 is 0 Å². The smallest absolute Gasteiger partial charge is 0.123 e. The molecule has 3 nitrogen and oxygen atoms in total. The molecule has 0 saturated carbocycles. The molecular formula is C17H25N3. The molecule has 2 unspecified atom stereocenters. The number of benzene rings is 1. The van der Waals surface area contributed by atoms with Crippen LogP contribution in [0.5, 0.6) is 0 Å². The van der Waals surface area contributed by atoms with Crippen LogP contribution in [-0.2, 0) is 6.42 Å². The average Bonchev–Trinajstić information content (AvgIpc) is 3.03. The number of imidazole rings is 1. The molecule has 1 aromatic carbocycles. The average molecular weight is 271 g/mol. The molecule has 0 amide bonds. The Morgan fingerprint density at radius 1 is 1.05 bits per heavy atom. The van der Waals surface area contributed by atoms with Crippen LogP contribution in [0.4, 0.5) is 0 Å². The van der Waals surface area contributed by atoms with Crippen molar-refractivity contribution in [2.45, 2.75) is 52.1 Å². The van der Waals surface area contributed by atoms with Gasteiger partial charge in [-0.1, -0.05) is 45.0 Å². The Bertz CT molecular complexity index is 487. The molecule has 20 heavy (non-hydrogen) atoms. The molecule has 1 heterocycles. The minimum Gasteiger partial charge on any atom is -0.347 e. The van der Waals surface area contributed by atoms with Crippen molar-refractivity contribution in [1.82, 2.24) is 15.3 Å². The van der Waals surface area contributed by atoms with Crippen LogP contribution in [0.25, 0.3) is 0 Å². The first kappa shape index (κ1) is 14.8. The normalized spacial score (nSPS) is 14.2. The molecule has 0 saturated heterocycles. The van der Waals surface area contributed by atoms with Gasteiger partial charge in [-0.25, -0.2) is 4.98 Å². The summed E-state index contributed by atoms with van der Waals surface area (Å²) in [5, 5.41) is 3.72. The van der Waals surface area contributed by atoms with Gasteiger partial charge in [0.1, 0.15) is 5.82 Å². The lowest BCUT2D eigenvalue weighted by atomic mass is 10.0. The fourth-order valence-corrected chi connectivity index (χ4v) is 2.54. The number of aromatic amines is 1. The second kappa shape index (κ2) is 7.25. The van der Waals surface area contributed by atoms with Crippen LogP contribution >= 0.6 is 0 Å². The predicted octanol–water partition coefficient (Wildman–Crippen LogP) is 4.16. The summed E-state index contributed by atoms with van der Waals surface area (Å²) < 4.78 is 0. The Kier molecular flexibility index (Phi) is 5.36. The Morgan fingerprint density at radius 3 is 2.25 bits per heavy atom. The molecule has 3 heteroatoms. The van der Waals surface area contributed by atoms with Crippen LogP contribution in [0, 0.1) is 0 Å². The van der Waals surface area contributed by atoms with Gasteiger partial charge in [0.25, 0.3) is 0 Å². The molecule has 0 bridgehead atoms. The van der Waals surface area contributed by atoms with Gasteiger partial charge in [0.05, 0.1) is 6.04 Å². The van der Waals surface area contributed by atoms with Crippen molar-refractivity contribution in [3.05, 3.63) is 53.6 Å². The summed E-state index contributed by atoms with van der Waals surface area (Å²) in [4.78, 5) is 7.59. The van der Waals surface area contributed by atoms with Crippen molar-refractivity contribution in [3.63, 3.8) is 0 Å². The van der Waals surface area contributed by atoms with E-state index in [1.807, 2.05) is 12.4 Å².